The third-order valence-corrected chi connectivity index (χ3v) is 3.75. The molecule has 2 N–H and O–H groups in total. The summed E-state index contributed by atoms with van der Waals surface area (Å²) in [6, 6.07) is 0. The van der Waals surface area contributed by atoms with Crippen LogP contribution < -0.4 is 10.6 Å². The highest BCUT2D eigenvalue weighted by atomic mass is 16.1. The van der Waals surface area contributed by atoms with Crippen molar-refractivity contribution in [2.45, 2.75) is 56.9 Å². The fraction of sp³-hybridized carbons (Fsp3) is 0.786. The molecule has 0 aromatic rings. The summed E-state index contributed by atoms with van der Waals surface area (Å²) < 4.78 is 0. The Balaban J connectivity index is 2.29. The quantitative estimate of drug-likeness (QED) is 0.528. The average Bonchev–Trinajstić information content (AvgIpc) is 2.36. The van der Waals surface area contributed by atoms with Gasteiger partial charge in [0, 0.05) is 18.5 Å². The standard InChI is InChI=1S/C14H26N2O/c1-3-4-8-11-16-13(17)12-14(15-2)9-6-5-7-10-14/h3,15H,1,4-12H2,2H3,(H,16,17). The number of allylic oxidation sites excluding steroid dienone is 1. The largest absolute Gasteiger partial charge is 0.356 e. The first-order valence-electron chi connectivity index (χ1n) is 6.79. The van der Waals surface area contributed by atoms with E-state index in [4.69, 9.17) is 0 Å². The molecular weight excluding hydrogens is 212 g/mol. The van der Waals surface area contributed by atoms with Crippen molar-refractivity contribution in [1.82, 2.24) is 10.6 Å². The maximum atomic E-state index is 11.9. The summed E-state index contributed by atoms with van der Waals surface area (Å²) in [7, 11) is 1.98. The fourth-order valence-electron chi connectivity index (χ4n) is 2.59. The Hall–Kier alpha value is -0.830. The van der Waals surface area contributed by atoms with Crippen molar-refractivity contribution in [1.29, 1.82) is 0 Å². The lowest BCUT2D eigenvalue weighted by molar-refractivity contribution is -0.122. The van der Waals surface area contributed by atoms with Crippen molar-refractivity contribution < 1.29 is 4.79 Å². The van der Waals surface area contributed by atoms with Crippen molar-refractivity contribution in [2.24, 2.45) is 0 Å². The van der Waals surface area contributed by atoms with E-state index in [2.05, 4.69) is 17.2 Å². The second-order valence-corrected chi connectivity index (χ2v) is 5.05. The molecule has 0 aromatic heterocycles. The second kappa shape index (κ2) is 7.49. The van der Waals surface area contributed by atoms with E-state index >= 15 is 0 Å². The molecule has 0 unspecified atom stereocenters. The van der Waals surface area contributed by atoms with E-state index in [-0.39, 0.29) is 11.4 Å². The number of carbonyl (C=O) groups is 1. The number of rotatable bonds is 7. The Kier molecular flexibility index (Phi) is 6.27. The topological polar surface area (TPSA) is 41.1 Å². The van der Waals surface area contributed by atoms with Gasteiger partial charge >= 0.3 is 0 Å². The Bertz CT molecular complexity index is 245. The molecule has 0 spiro atoms. The Morgan fingerprint density at radius 3 is 2.65 bits per heavy atom. The molecular formula is C14H26N2O. The van der Waals surface area contributed by atoms with Crippen LogP contribution in [0.3, 0.4) is 0 Å². The molecule has 98 valence electrons. The minimum Gasteiger partial charge on any atom is -0.356 e. The van der Waals surface area contributed by atoms with Crippen LogP contribution in [0.5, 0.6) is 0 Å². The summed E-state index contributed by atoms with van der Waals surface area (Å²) in [5, 5.41) is 6.37. The van der Waals surface area contributed by atoms with Gasteiger partial charge in [0.15, 0.2) is 0 Å². The van der Waals surface area contributed by atoms with Crippen molar-refractivity contribution in [3.05, 3.63) is 12.7 Å². The molecule has 3 nitrogen and oxygen atoms in total. The molecule has 17 heavy (non-hydrogen) atoms. The van der Waals surface area contributed by atoms with Gasteiger partial charge in [0.2, 0.25) is 5.91 Å². The molecule has 1 amide bonds. The van der Waals surface area contributed by atoms with Crippen LogP contribution in [-0.4, -0.2) is 25.0 Å². The summed E-state index contributed by atoms with van der Waals surface area (Å²) in [6.45, 7) is 4.44. The molecule has 0 saturated heterocycles. The predicted molar refractivity (Wildman–Crippen MR) is 71.9 cm³/mol. The highest BCUT2D eigenvalue weighted by molar-refractivity contribution is 5.77. The number of nitrogens with one attached hydrogen (secondary N) is 2. The van der Waals surface area contributed by atoms with Gasteiger partial charge in [-0.1, -0.05) is 25.3 Å². The Labute approximate surface area is 105 Å². The van der Waals surface area contributed by atoms with E-state index in [1.54, 1.807) is 0 Å². The van der Waals surface area contributed by atoms with Crippen LogP contribution in [0, 0.1) is 0 Å². The lowest BCUT2D eigenvalue weighted by Crippen LogP contribution is -2.48. The smallest absolute Gasteiger partial charge is 0.221 e. The van der Waals surface area contributed by atoms with Crippen LogP contribution in [0.4, 0.5) is 0 Å². The molecule has 1 saturated carbocycles. The molecule has 0 aliphatic heterocycles. The van der Waals surface area contributed by atoms with Crippen molar-refractivity contribution in [3.63, 3.8) is 0 Å². The summed E-state index contributed by atoms with van der Waals surface area (Å²) in [4.78, 5) is 11.9. The average molecular weight is 238 g/mol. The summed E-state index contributed by atoms with van der Waals surface area (Å²) >= 11 is 0. The van der Waals surface area contributed by atoms with Gasteiger partial charge in [0.25, 0.3) is 0 Å². The second-order valence-electron chi connectivity index (χ2n) is 5.05. The van der Waals surface area contributed by atoms with Gasteiger partial charge in [-0.15, -0.1) is 6.58 Å². The van der Waals surface area contributed by atoms with Gasteiger partial charge in [-0.3, -0.25) is 4.79 Å². The highest BCUT2D eigenvalue weighted by Gasteiger charge is 2.32. The highest BCUT2D eigenvalue weighted by Crippen LogP contribution is 2.30. The monoisotopic (exact) mass is 238 g/mol. The summed E-state index contributed by atoms with van der Waals surface area (Å²) in [5.41, 5.74) is 0.0563. The van der Waals surface area contributed by atoms with Gasteiger partial charge in [0.05, 0.1) is 0 Å². The zero-order valence-corrected chi connectivity index (χ0v) is 11.1. The van der Waals surface area contributed by atoms with Crippen molar-refractivity contribution in [3.8, 4) is 0 Å². The molecule has 0 radical (unpaired) electrons. The first-order chi connectivity index (χ1) is 8.22. The lowest BCUT2D eigenvalue weighted by atomic mass is 9.79. The minimum absolute atomic E-state index is 0.0563. The SMILES string of the molecule is C=CCCCNC(=O)CC1(NC)CCCCC1. The van der Waals surface area contributed by atoms with Gasteiger partial charge in [-0.2, -0.15) is 0 Å². The fourth-order valence-corrected chi connectivity index (χ4v) is 2.59. The van der Waals surface area contributed by atoms with Crippen LogP contribution in [0.1, 0.15) is 51.4 Å². The number of amides is 1. The third kappa shape index (κ3) is 4.90. The zero-order chi connectivity index (χ0) is 12.6. The van der Waals surface area contributed by atoms with E-state index < -0.39 is 0 Å². The van der Waals surface area contributed by atoms with Crippen molar-refractivity contribution >= 4 is 5.91 Å². The first kappa shape index (κ1) is 14.2. The lowest BCUT2D eigenvalue weighted by Gasteiger charge is -2.36. The van der Waals surface area contributed by atoms with Gasteiger partial charge < -0.3 is 10.6 Å². The van der Waals surface area contributed by atoms with E-state index in [9.17, 15) is 4.79 Å². The zero-order valence-electron chi connectivity index (χ0n) is 11.1. The normalized spacial score (nSPS) is 18.6. The molecule has 3 heteroatoms. The minimum atomic E-state index is 0.0563. The molecule has 1 aliphatic carbocycles. The number of unbranched alkanes of at least 4 members (excludes halogenated alkanes) is 1. The predicted octanol–water partition coefficient (Wildman–Crippen LogP) is 2.38. The number of hydrogen-bond donors (Lipinski definition) is 2. The molecule has 1 rings (SSSR count). The van der Waals surface area contributed by atoms with E-state index in [1.807, 2.05) is 13.1 Å². The van der Waals surface area contributed by atoms with Crippen LogP contribution in [0.2, 0.25) is 0 Å². The molecule has 1 fully saturated rings. The van der Waals surface area contributed by atoms with Gasteiger partial charge in [-0.25, -0.2) is 0 Å². The van der Waals surface area contributed by atoms with Crippen LogP contribution in [-0.2, 0) is 4.79 Å². The van der Waals surface area contributed by atoms with E-state index in [0.717, 1.165) is 32.2 Å². The molecule has 0 heterocycles. The van der Waals surface area contributed by atoms with Crippen LogP contribution in [0.15, 0.2) is 12.7 Å². The molecule has 1 aliphatic rings. The molecule has 0 atom stereocenters. The Morgan fingerprint density at radius 1 is 1.35 bits per heavy atom. The van der Waals surface area contributed by atoms with Gasteiger partial charge in [-0.05, 0) is 32.7 Å². The van der Waals surface area contributed by atoms with E-state index in [0.29, 0.717) is 6.42 Å². The summed E-state index contributed by atoms with van der Waals surface area (Å²) in [5.74, 6) is 0.185. The molecule has 0 aromatic carbocycles. The van der Waals surface area contributed by atoms with Crippen molar-refractivity contribution in [2.75, 3.05) is 13.6 Å². The number of hydrogen-bond acceptors (Lipinski definition) is 2. The third-order valence-electron chi connectivity index (χ3n) is 3.75. The van der Waals surface area contributed by atoms with E-state index in [1.165, 1.54) is 19.3 Å². The molecule has 0 bridgehead atoms. The Morgan fingerprint density at radius 2 is 2.06 bits per heavy atom. The maximum absolute atomic E-state index is 11.9. The van der Waals surface area contributed by atoms with Crippen LogP contribution >= 0.6 is 0 Å². The maximum Gasteiger partial charge on any atom is 0.221 e. The number of carbonyl (C=O) groups excluding carboxylic acids is 1. The first-order valence-corrected chi connectivity index (χ1v) is 6.79. The van der Waals surface area contributed by atoms with Crippen LogP contribution in [0.25, 0.3) is 0 Å². The van der Waals surface area contributed by atoms with Gasteiger partial charge in [0.1, 0.15) is 0 Å². The summed E-state index contributed by atoms with van der Waals surface area (Å²) in [6.07, 6.45) is 10.5.